The van der Waals surface area contributed by atoms with Crippen molar-refractivity contribution in [2.75, 3.05) is 6.61 Å². The number of nitrogens with zero attached hydrogens (tertiary/aromatic N) is 1. The average Bonchev–Trinajstić information content (AvgIpc) is 3.23. The van der Waals surface area contributed by atoms with Gasteiger partial charge in [0.1, 0.15) is 6.61 Å². The first-order valence-electron chi connectivity index (χ1n) is 11.8. The summed E-state index contributed by atoms with van der Waals surface area (Å²) in [5.41, 5.74) is 8.14. The molecule has 1 heterocycles. The fraction of sp³-hybridized carbons (Fsp3) is 0.167. The van der Waals surface area contributed by atoms with Crippen LogP contribution in [0.15, 0.2) is 88.8 Å². The van der Waals surface area contributed by atoms with Gasteiger partial charge in [0, 0.05) is 34.0 Å². The van der Waals surface area contributed by atoms with Crippen molar-refractivity contribution in [1.29, 1.82) is 0 Å². The number of ether oxygens (including phenoxy) is 1. The molecule has 1 N–H and O–H groups in total. The maximum absolute atomic E-state index is 12.8. The lowest BCUT2D eigenvalue weighted by Gasteiger charge is -2.17. The molecule has 6 heteroatoms. The zero-order valence-electron chi connectivity index (χ0n) is 20.2. The molecule has 0 saturated carbocycles. The summed E-state index contributed by atoms with van der Waals surface area (Å²) in [5.74, 6) is 0.0130. The molecule has 4 aromatic rings. The van der Waals surface area contributed by atoms with Crippen molar-refractivity contribution in [3.05, 3.63) is 113 Å². The third-order valence-electron chi connectivity index (χ3n) is 6.54. The van der Waals surface area contributed by atoms with Crippen LogP contribution in [0.4, 0.5) is 4.79 Å². The van der Waals surface area contributed by atoms with Crippen LogP contribution in [0.25, 0.3) is 11.1 Å². The van der Waals surface area contributed by atoms with Gasteiger partial charge in [-0.1, -0.05) is 78.5 Å². The van der Waals surface area contributed by atoms with Crippen molar-refractivity contribution in [2.24, 2.45) is 0 Å². The predicted molar refractivity (Wildman–Crippen MR) is 142 cm³/mol. The van der Waals surface area contributed by atoms with Crippen LogP contribution in [0, 0.1) is 13.8 Å². The lowest BCUT2D eigenvalue weighted by Crippen LogP contribution is -2.26. The quantitative estimate of drug-likeness (QED) is 0.290. The third-order valence-corrected chi connectivity index (χ3v) is 7.88. The van der Waals surface area contributed by atoms with Crippen molar-refractivity contribution in [3.63, 3.8) is 0 Å². The minimum absolute atomic E-state index is 0.0130. The topological polar surface area (TPSA) is 68.3 Å². The summed E-state index contributed by atoms with van der Waals surface area (Å²) >= 11 is 1.49. The van der Waals surface area contributed by atoms with Crippen LogP contribution >= 0.6 is 11.8 Å². The molecule has 0 aliphatic heterocycles. The highest BCUT2D eigenvalue weighted by Crippen LogP contribution is 2.44. The highest BCUT2D eigenvalue weighted by Gasteiger charge is 2.29. The fourth-order valence-corrected chi connectivity index (χ4v) is 5.83. The number of benzene rings is 3. The number of carbonyl (C=O) groups is 2. The Morgan fingerprint density at radius 1 is 0.972 bits per heavy atom. The van der Waals surface area contributed by atoms with Gasteiger partial charge >= 0.3 is 6.09 Å². The number of nitrogens with one attached hydrogen (secondary N) is 1. The lowest BCUT2D eigenvalue weighted by atomic mass is 9.98. The molecule has 1 aliphatic carbocycles. The molecule has 5 nitrogen and oxygen atoms in total. The molecule has 3 aromatic carbocycles. The molecule has 1 amide bonds. The number of aromatic nitrogens is 1. The van der Waals surface area contributed by atoms with E-state index in [2.05, 4.69) is 34.6 Å². The summed E-state index contributed by atoms with van der Waals surface area (Å²) in [5, 5.41) is 2.92. The summed E-state index contributed by atoms with van der Waals surface area (Å²) in [4.78, 5) is 30.5. The molecule has 180 valence electrons. The van der Waals surface area contributed by atoms with E-state index in [1.54, 1.807) is 12.3 Å². The number of alkyl carbamates (subject to hydrolysis) is 1. The Kier molecular flexibility index (Phi) is 6.87. The van der Waals surface area contributed by atoms with E-state index < -0.39 is 6.09 Å². The standard InChI is InChI=1S/C30H26N2O3S/c1-19-15-31-20(2)29(36-28-14-8-3-9-21(28)17-33)26(19)16-32-30(34)35-18-27-24-12-6-4-10-22(24)23-11-5-7-13-25(23)27/h3-15,17,27H,16,18H2,1-2H3,(H,32,34). The first kappa shape index (κ1) is 23.8. The van der Waals surface area contributed by atoms with E-state index in [9.17, 15) is 9.59 Å². The molecule has 1 aliphatic rings. The molecule has 0 radical (unpaired) electrons. The summed E-state index contributed by atoms with van der Waals surface area (Å²) < 4.78 is 5.71. The summed E-state index contributed by atoms with van der Waals surface area (Å²) in [6.07, 6.45) is 2.20. The average molecular weight is 495 g/mol. The number of pyridine rings is 1. The summed E-state index contributed by atoms with van der Waals surface area (Å²) in [6, 6.07) is 24.0. The van der Waals surface area contributed by atoms with Gasteiger partial charge < -0.3 is 10.1 Å². The van der Waals surface area contributed by atoms with Gasteiger partial charge in [-0.15, -0.1) is 0 Å². The zero-order valence-corrected chi connectivity index (χ0v) is 21.0. The number of carbonyl (C=O) groups excluding carboxylic acids is 2. The van der Waals surface area contributed by atoms with Crippen LogP contribution in [0.3, 0.4) is 0 Å². The van der Waals surface area contributed by atoms with Crippen molar-refractivity contribution in [1.82, 2.24) is 10.3 Å². The van der Waals surface area contributed by atoms with Gasteiger partial charge in [0.2, 0.25) is 0 Å². The zero-order chi connectivity index (χ0) is 25.1. The van der Waals surface area contributed by atoms with E-state index in [-0.39, 0.29) is 12.5 Å². The van der Waals surface area contributed by atoms with Crippen LogP contribution in [-0.4, -0.2) is 24.0 Å². The Labute approximate surface area is 214 Å². The van der Waals surface area contributed by atoms with E-state index in [0.29, 0.717) is 12.1 Å². The number of rotatable bonds is 7. The van der Waals surface area contributed by atoms with Crippen molar-refractivity contribution >= 4 is 24.1 Å². The number of aldehydes is 1. The molecular weight excluding hydrogens is 468 g/mol. The number of amides is 1. The van der Waals surface area contributed by atoms with Gasteiger partial charge in [0.25, 0.3) is 0 Å². The fourth-order valence-electron chi connectivity index (χ4n) is 4.67. The molecule has 0 spiro atoms. The van der Waals surface area contributed by atoms with Gasteiger partial charge in [-0.3, -0.25) is 9.78 Å². The monoisotopic (exact) mass is 494 g/mol. The number of hydrogen-bond acceptors (Lipinski definition) is 5. The van der Waals surface area contributed by atoms with Crippen LogP contribution in [0.2, 0.25) is 0 Å². The Morgan fingerprint density at radius 2 is 1.61 bits per heavy atom. The molecule has 0 bridgehead atoms. The minimum atomic E-state index is -0.463. The smallest absolute Gasteiger partial charge is 0.407 e. The van der Waals surface area contributed by atoms with Crippen LogP contribution in [0.1, 0.15) is 44.2 Å². The highest BCUT2D eigenvalue weighted by atomic mass is 32.2. The molecule has 0 fully saturated rings. The van der Waals surface area contributed by atoms with Gasteiger partial charge in [-0.05, 0) is 53.3 Å². The van der Waals surface area contributed by atoms with Crippen LogP contribution in [-0.2, 0) is 11.3 Å². The van der Waals surface area contributed by atoms with E-state index in [1.165, 1.54) is 34.0 Å². The molecule has 5 rings (SSSR count). The van der Waals surface area contributed by atoms with Crippen molar-refractivity contribution < 1.29 is 14.3 Å². The van der Waals surface area contributed by atoms with Gasteiger partial charge in [-0.2, -0.15) is 0 Å². The second-order valence-electron chi connectivity index (χ2n) is 8.77. The maximum atomic E-state index is 12.8. The second-order valence-corrected chi connectivity index (χ2v) is 9.82. The molecule has 0 saturated heterocycles. The van der Waals surface area contributed by atoms with Crippen molar-refractivity contribution in [2.45, 2.75) is 36.1 Å². The van der Waals surface area contributed by atoms with Gasteiger partial charge in [-0.25, -0.2) is 4.79 Å². The first-order valence-corrected chi connectivity index (χ1v) is 12.6. The summed E-state index contributed by atoms with van der Waals surface area (Å²) in [7, 11) is 0. The minimum Gasteiger partial charge on any atom is -0.449 e. The van der Waals surface area contributed by atoms with E-state index in [1.807, 2.05) is 56.3 Å². The number of aryl methyl sites for hydroxylation is 2. The molecule has 36 heavy (non-hydrogen) atoms. The maximum Gasteiger partial charge on any atom is 0.407 e. The van der Waals surface area contributed by atoms with Crippen LogP contribution in [0.5, 0.6) is 0 Å². The molecule has 1 aromatic heterocycles. The molecule has 0 unspecified atom stereocenters. The first-order chi connectivity index (χ1) is 17.6. The Balaban J connectivity index is 1.29. The lowest BCUT2D eigenvalue weighted by molar-refractivity contribution is 0.112. The Bertz CT molecular complexity index is 1400. The second kappa shape index (κ2) is 10.4. The largest absolute Gasteiger partial charge is 0.449 e. The van der Waals surface area contributed by atoms with Crippen molar-refractivity contribution in [3.8, 4) is 11.1 Å². The number of fused-ring (bicyclic) bond motifs is 3. The van der Waals surface area contributed by atoms with Gasteiger partial charge in [0.05, 0.1) is 5.69 Å². The van der Waals surface area contributed by atoms with Gasteiger partial charge in [0.15, 0.2) is 6.29 Å². The SMILES string of the molecule is Cc1cnc(C)c(Sc2ccccc2C=O)c1CNC(=O)OCC1c2ccccc2-c2ccccc21. The Morgan fingerprint density at radius 3 is 2.31 bits per heavy atom. The molecular formula is C30H26N2O3S. The Hall–Kier alpha value is -3.90. The van der Waals surface area contributed by atoms with E-state index >= 15 is 0 Å². The predicted octanol–water partition coefficient (Wildman–Crippen LogP) is 6.70. The molecule has 0 atom stereocenters. The normalized spacial score (nSPS) is 12.1. The number of hydrogen-bond donors (Lipinski definition) is 1. The summed E-state index contributed by atoms with van der Waals surface area (Å²) in [6.45, 7) is 4.47. The third kappa shape index (κ3) is 4.64. The van der Waals surface area contributed by atoms with E-state index in [0.717, 1.165) is 32.9 Å². The van der Waals surface area contributed by atoms with Crippen LogP contribution < -0.4 is 5.32 Å². The highest BCUT2D eigenvalue weighted by molar-refractivity contribution is 7.99. The van der Waals surface area contributed by atoms with E-state index in [4.69, 9.17) is 4.74 Å².